The van der Waals surface area contributed by atoms with Crippen molar-refractivity contribution in [2.45, 2.75) is 30.7 Å². The molecule has 2 aromatic carbocycles. The van der Waals surface area contributed by atoms with Gasteiger partial charge in [0.25, 0.3) is 0 Å². The zero-order valence-corrected chi connectivity index (χ0v) is 17.9. The number of nitrogens with zero attached hydrogens (tertiary/aromatic N) is 1. The molecule has 2 aromatic rings. The smallest absolute Gasteiger partial charge is 0.407 e. The first kappa shape index (κ1) is 21.2. The van der Waals surface area contributed by atoms with E-state index in [1.54, 1.807) is 0 Å². The van der Waals surface area contributed by atoms with Gasteiger partial charge in [0.1, 0.15) is 12.6 Å². The Balaban J connectivity index is 1.30. The third kappa shape index (κ3) is 4.25. The lowest BCUT2D eigenvalue weighted by Gasteiger charge is -2.25. The lowest BCUT2D eigenvalue weighted by molar-refractivity contribution is -0.148. The minimum atomic E-state index is -1.00. The Morgan fingerprint density at radius 1 is 1.10 bits per heavy atom. The number of thioether (sulfide) groups is 1. The van der Waals surface area contributed by atoms with Crippen molar-refractivity contribution in [2.75, 3.05) is 18.9 Å². The summed E-state index contributed by atoms with van der Waals surface area (Å²) < 4.78 is 5.45. The van der Waals surface area contributed by atoms with E-state index >= 15 is 0 Å². The Bertz CT molecular complexity index is 965. The molecule has 8 heteroatoms. The second-order valence-electron chi connectivity index (χ2n) is 7.59. The minimum absolute atomic E-state index is 0.0267. The van der Waals surface area contributed by atoms with Crippen LogP contribution in [0.3, 0.4) is 0 Å². The molecule has 1 saturated heterocycles. The minimum Gasteiger partial charge on any atom is -0.480 e. The highest BCUT2D eigenvalue weighted by atomic mass is 32.2. The summed E-state index contributed by atoms with van der Waals surface area (Å²) in [6.45, 7) is 2.11. The highest BCUT2D eigenvalue weighted by Crippen LogP contribution is 2.44. The molecule has 162 valence electrons. The molecule has 1 aliphatic heterocycles. The Hall–Kier alpha value is -3.00. The summed E-state index contributed by atoms with van der Waals surface area (Å²) >= 11 is 1.43. The lowest BCUT2D eigenvalue weighted by Crippen LogP contribution is -2.45. The third-order valence-electron chi connectivity index (χ3n) is 5.75. The van der Waals surface area contributed by atoms with Crippen molar-refractivity contribution >= 4 is 29.7 Å². The fraction of sp³-hybridized carbons (Fsp3) is 0.348. The topological polar surface area (TPSA) is 95.9 Å². The van der Waals surface area contributed by atoms with Crippen LogP contribution in [0.2, 0.25) is 0 Å². The number of nitrogens with one attached hydrogen (secondary N) is 1. The molecule has 2 aliphatic rings. The Labute approximate surface area is 184 Å². The monoisotopic (exact) mass is 440 g/mol. The van der Waals surface area contributed by atoms with Crippen LogP contribution in [0.4, 0.5) is 4.79 Å². The number of alkyl carbamates (subject to hydrolysis) is 1. The van der Waals surface area contributed by atoms with Gasteiger partial charge in [-0.15, -0.1) is 11.8 Å². The van der Waals surface area contributed by atoms with Crippen LogP contribution < -0.4 is 5.32 Å². The fourth-order valence-electron chi connectivity index (χ4n) is 4.26. The van der Waals surface area contributed by atoms with Gasteiger partial charge >= 0.3 is 12.1 Å². The maximum absolute atomic E-state index is 12.5. The summed E-state index contributed by atoms with van der Waals surface area (Å²) in [5.41, 5.74) is 4.57. The van der Waals surface area contributed by atoms with Crippen LogP contribution in [-0.2, 0) is 14.3 Å². The van der Waals surface area contributed by atoms with Gasteiger partial charge in [0.15, 0.2) is 0 Å². The van der Waals surface area contributed by atoms with Crippen molar-refractivity contribution in [3.8, 4) is 11.1 Å². The normalized spacial score (nSPS) is 19.6. The van der Waals surface area contributed by atoms with Crippen LogP contribution >= 0.6 is 11.8 Å². The van der Waals surface area contributed by atoms with Gasteiger partial charge < -0.3 is 20.1 Å². The van der Waals surface area contributed by atoms with E-state index in [1.807, 2.05) is 43.3 Å². The van der Waals surface area contributed by atoms with Crippen LogP contribution in [0.15, 0.2) is 48.5 Å². The van der Waals surface area contributed by atoms with E-state index in [0.29, 0.717) is 5.75 Å². The average molecular weight is 441 g/mol. The van der Waals surface area contributed by atoms with Gasteiger partial charge in [-0.3, -0.25) is 4.79 Å². The zero-order chi connectivity index (χ0) is 22.0. The molecule has 0 bridgehead atoms. The summed E-state index contributed by atoms with van der Waals surface area (Å²) in [4.78, 5) is 37.4. The van der Waals surface area contributed by atoms with Gasteiger partial charge in [0, 0.05) is 24.6 Å². The van der Waals surface area contributed by atoms with Gasteiger partial charge in [0.2, 0.25) is 5.91 Å². The third-order valence-corrected chi connectivity index (χ3v) is 6.97. The molecule has 2 atom stereocenters. The standard InChI is InChI=1S/C23H24N2O5S/c1-14-25(20(13-31-14)22(27)28)21(26)10-11-24-23(29)30-12-19-17-8-4-2-6-15(17)16-7-3-5-9-18(16)19/h2-9,14,19-20H,10-13H2,1H3,(H,24,29)(H,27,28). The molecule has 2 amide bonds. The van der Waals surface area contributed by atoms with E-state index in [2.05, 4.69) is 17.4 Å². The Morgan fingerprint density at radius 3 is 2.32 bits per heavy atom. The molecule has 0 saturated carbocycles. The van der Waals surface area contributed by atoms with Crippen LogP contribution in [0, 0.1) is 0 Å². The first-order chi connectivity index (χ1) is 15.0. The van der Waals surface area contributed by atoms with Crippen LogP contribution in [-0.4, -0.2) is 58.3 Å². The molecule has 7 nitrogen and oxygen atoms in total. The maximum Gasteiger partial charge on any atom is 0.407 e. The number of carbonyl (C=O) groups is 3. The van der Waals surface area contributed by atoms with Crippen molar-refractivity contribution in [3.63, 3.8) is 0 Å². The zero-order valence-electron chi connectivity index (χ0n) is 17.1. The molecule has 0 radical (unpaired) electrons. The first-order valence-corrected chi connectivity index (χ1v) is 11.3. The fourth-order valence-corrected chi connectivity index (χ4v) is 5.45. The van der Waals surface area contributed by atoms with Crippen molar-refractivity contribution in [2.24, 2.45) is 0 Å². The molecule has 1 heterocycles. The summed E-state index contributed by atoms with van der Waals surface area (Å²) in [6, 6.07) is 15.4. The Morgan fingerprint density at radius 2 is 1.71 bits per heavy atom. The molecular formula is C23H24N2O5S. The molecule has 0 aromatic heterocycles. The largest absolute Gasteiger partial charge is 0.480 e. The van der Waals surface area contributed by atoms with Crippen molar-refractivity contribution in [1.82, 2.24) is 10.2 Å². The SMILES string of the molecule is CC1SCC(C(=O)O)N1C(=O)CCNC(=O)OCC1c2ccccc2-c2ccccc21. The highest BCUT2D eigenvalue weighted by Gasteiger charge is 2.39. The van der Waals surface area contributed by atoms with E-state index in [0.717, 1.165) is 22.3 Å². The van der Waals surface area contributed by atoms with E-state index in [-0.39, 0.29) is 36.8 Å². The number of hydrogen-bond donors (Lipinski definition) is 2. The van der Waals surface area contributed by atoms with Crippen molar-refractivity contribution in [3.05, 3.63) is 59.7 Å². The number of fused-ring (bicyclic) bond motifs is 3. The maximum atomic E-state index is 12.5. The van der Waals surface area contributed by atoms with E-state index in [1.165, 1.54) is 16.7 Å². The number of carbonyl (C=O) groups excluding carboxylic acids is 2. The van der Waals surface area contributed by atoms with E-state index < -0.39 is 18.1 Å². The van der Waals surface area contributed by atoms with Crippen LogP contribution in [0.25, 0.3) is 11.1 Å². The van der Waals surface area contributed by atoms with Crippen LogP contribution in [0.5, 0.6) is 0 Å². The average Bonchev–Trinajstić information content (AvgIpc) is 3.30. The summed E-state index contributed by atoms with van der Waals surface area (Å²) in [5.74, 6) is -0.945. The summed E-state index contributed by atoms with van der Waals surface area (Å²) in [7, 11) is 0. The molecule has 2 unspecified atom stereocenters. The number of benzene rings is 2. The van der Waals surface area contributed by atoms with Gasteiger partial charge in [-0.2, -0.15) is 0 Å². The van der Waals surface area contributed by atoms with Gasteiger partial charge in [0.05, 0.1) is 5.37 Å². The van der Waals surface area contributed by atoms with Gasteiger partial charge in [-0.1, -0.05) is 48.5 Å². The number of ether oxygens (including phenoxy) is 1. The number of amides is 2. The summed E-state index contributed by atoms with van der Waals surface area (Å²) in [6.07, 6.45) is -0.563. The van der Waals surface area contributed by atoms with E-state index in [9.17, 15) is 19.5 Å². The van der Waals surface area contributed by atoms with Crippen LogP contribution in [0.1, 0.15) is 30.4 Å². The number of hydrogen-bond acceptors (Lipinski definition) is 5. The highest BCUT2D eigenvalue weighted by molar-refractivity contribution is 8.00. The predicted octanol–water partition coefficient (Wildman–Crippen LogP) is 3.29. The first-order valence-electron chi connectivity index (χ1n) is 10.2. The predicted molar refractivity (Wildman–Crippen MR) is 118 cm³/mol. The number of aliphatic carboxylic acids is 1. The quantitative estimate of drug-likeness (QED) is 0.716. The van der Waals surface area contributed by atoms with Crippen molar-refractivity contribution in [1.29, 1.82) is 0 Å². The molecule has 2 N–H and O–H groups in total. The molecule has 1 fully saturated rings. The Kier molecular flexibility index (Phi) is 6.18. The molecule has 4 rings (SSSR count). The second kappa shape index (κ2) is 9.01. The molecular weight excluding hydrogens is 416 g/mol. The molecule has 31 heavy (non-hydrogen) atoms. The number of carboxylic acid groups (broad SMARTS) is 1. The molecule has 0 spiro atoms. The summed E-state index contributed by atoms with van der Waals surface area (Å²) in [5, 5.41) is 11.7. The second-order valence-corrected chi connectivity index (χ2v) is 8.94. The number of rotatable bonds is 6. The van der Waals surface area contributed by atoms with E-state index in [4.69, 9.17) is 4.74 Å². The van der Waals surface area contributed by atoms with Gasteiger partial charge in [-0.25, -0.2) is 9.59 Å². The van der Waals surface area contributed by atoms with Gasteiger partial charge in [-0.05, 0) is 29.2 Å². The lowest BCUT2D eigenvalue weighted by atomic mass is 9.98. The van der Waals surface area contributed by atoms with Crippen molar-refractivity contribution < 1.29 is 24.2 Å². The number of carboxylic acids is 1. The molecule has 1 aliphatic carbocycles.